The summed E-state index contributed by atoms with van der Waals surface area (Å²) in [5, 5.41) is 6.76. The van der Waals surface area contributed by atoms with Gasteiger partial charge in [-0.1, -0.05) is 13.0 Å². The van der Waals surface area contributed by atoms with E-state index in [2.05, 4.69) is 39.2 Å². The van der Waals surface area contributed by atoms with E-state index >= 15 is 0 Å². The van der Waals surface area contributed by atoms with Crippen molar-refractivity contribution in [1.82, 2.24) is 24.9 Å². The molecular formula is C19H28N6O. The average molecular weight is 356 g/mol. The van der Waals surface area contributed by atoms with E-state index in [1.807, 2.05) is 24.1 Å². The minimum atomic E-state index is 0.222. The van der Waals surface area contributed by atoms with Gasteiger partial charge in [-0.2, -0.15) is 0 Å². The summed E-state index contributed by atoms with van der Waals surface area (Å²) in [6, 6.07) is 4.37. The number of aryl methyl sites for hydroxylation is 1. The van der Waals surface area contributed by atoms with Crippen molar-refractivity contribution in [2.45, 2.75) is 39.2 Å². The molecule has 2 N–H and O–H groups in total. The first-order valence-corrected chi connectivity index (χ1v) is 9.29. The summed E-state index contributed by atoms with van der Waals surface area (Å²) in [5.74, 6) is 1.00. The van der Waals surface area contributed by atoms with E-state index in [4.69, 9.17) is 4.98 Å². The Kier molecular flexibility index (Phi) is 5.75. The van der Waals surface area contributed by atoms with Crippen molar-refractivity contribution in [1.29, 1.82) is 0 Å². The van der Waals surface area contributed by atoms with Crippen LogP contribution >= 0.6 is 0 Å². The van der Waals surface area contributed by atoms with Crippen molar-refractivity contribution in [3.8, 4) is 0 Å². The van der Waals surface area contributed by atoms with Crippen LogP contribution in [0.4, 0.5) is 0 Å². The third-order valence-corrected chi connectivity index (χ3v) is 4.81. The molecule has 3 rings (SSSR count). The lowest BCUT2D eigenvalue weighted by Gasteiger charge is -2.18. The zero-order chi connectivity index (χ0) is 18.5. The van der Waals surface area contributed by atoms with E-state index in [1.54, 1.807) is 7.05 Å². The van der Waals surface area contributed by atoms with E-state index in [1.165, 1.54) is 5.56 Å². The van der Waals surface area contributed by atoms with Crippen LogP contribution in [0, 0.1) is 6.92 Å². The number of pyridine rings is 1. The normalized spacial score (nSPS) is 17.7. The molecule has 0 spiro atoms. The molecule has 0 radical (unpaired) electrons. The highest BCUT2D eigenvalue weighted by atomic mass is 16.2. The molecule has 0 aromatic carbocycles. The fraction of sp³-hybridized carbons (Fsp3) is 0.526. The van der Waals surface area contributed by atoms with Gasteiger partial charge in [0, 0.05) is 58.0 Å². The van der Waals surface area contributed by atoms with Crippen LogP contribution in [0.25, 0.3) is 5.65 Å². The second-order valence-corrected chi connectivity index (χ2v) is 6.73. The van der Waals surface area contributed by atoms with Crippen molar-refractivity contribution >= 4 is 17.5 Å². The van der Waals surface area contributed by atoms with Gasteiger partial charge in [0.15, 0.2) is 5.96 Å². The van der Waals surface area contributed by atoms with E-state index in [0.29, 0.717) is 6.42 Å². The monoisotopic (exact) mass is 356 g/mol. The Morgan fingerprint density at radius 2 is 2.31 bits per heavy atom. The average Bonchev–Trinajstić information content (AvgIpc) is 3.27. The summed E-state index contributed by atoms with van der Waals surface area (Å²) in [4.78, 5) is 22.7. The van der Waals surface area contributed by atoms with Gasteiger partial charge >= 0.3 is 0 Å². The minimum absolute atomic E-state index is 0.222. The maximum absolute atomic E-state index is 11.8. The molecule has 140 valence electrons. The molecule has 0 aliphatic carbocycles. The van der Waals surface area contributed by atoms with Crippen molar-refractivity contribution in [2.24, 2.45) is 4.99 Å². The molecule has 7 heteroatoms. The Labute approximate surface area is 154 Å². The van der Waals surface area contributed by atoms with Gasteiger partial charge in [0.05, 0.1) is 5.69 Å². The number of likely N-dealkylation sites (tertiary alicyclic amines) is 1. The lowest BCUT2D eigenvalue weighted by Crippen LogP contribution is -2.45. The largest absolute Gasteiger partial charge is 0.356 e. The minimum Gasteiger partial charge on any atom is -0.356 e. The van der Waals surface area contributed by atoms with Gasteiger partial charge in [0.2, 0.25) is 5.91 Å². The molecule has 0 bridgehead atoms. The molecule has 26 heavy (non-hydrogen) atoms. The van der Waals surface area contributed by atoms with Gasteiger partial charge in [-0.15, -0.1) is 0 Å². The molecule has 1 amide bonds. The molecule has 1 unspecified atom stereocenters. The molecular weight excluding hydrogens is 328 g/mol. The summed E-state index contributed by atoms with van der Waals surface area (Å²) in [6.07, 6.45) is 6.45. The second kappa shape index (κ2) is 8.21. The summed E-state index contributed by atoms with van der Waals surface area (Å²) in [5.41, 5.74) is 3.25. The first kappa shape index (κ1) is 18.2. The van der Waals surface area contributed by atoms with Crippen molar-refractivity contribution in [2.75, 3.05) is 26.7 Å². The molecule has 2 aromatic rings. The summed E-state index contributed by atoms with van der Waals surface area (Å²) >= 11 is 0. The van der Waals surface area contributed by atoms with Crippen molar-refractivity contribution in [3.05, 3.63) is 35.8 Å². The number of carbonyl (C=O) groups is 1. The highest BCUT2D eigenvalue weighted by Crippen LogP contribution is 2.11. The van der Waals surface area contributed by atoms with Gasteiger partial charge in [-0.3, -0.25) is 9.79 Å². The summed E-state index contributed by atoms with van der Waals surface area (Å²) in [7, 11) is 1.77. The first-order valence-electron chi connectivity index (χ1n) is 9.29. The molecule has 7 nitrogen and oxygen atoms in total. The van der Waals surface area contributed by atoms with Gasteiger partial charge in [0.25, 0.3) is 0 Å². The second-order valence-electron chi connectivity index (χ2n) is 6.73. The standard InChI is InChI=1S/C19H28N6O/c1-4-17(26)24-11-8-16(12-24)23-19(20-3)21-9-7-15-13-25-10-5-6-14(2)18(25)22-15/h5-6,10,13,16H,4,7-9,11-12H2,1-3H3,(H2,20,21,23). The number of aliphatic imine (C=N–C) groups is 1. The zero-order valence-electron chi connectivity index (χ0n) is 15.8. The molecule has 3 heterocycles. The molecule has 1 aliphatic heterocycles. The smallest absolute Gasteiger partial charge is 0.222 e. The number of aromatic nitrogens is 2. The SMILES string of the molecule is CCC(=O)N1CCC(NC(=NC)NCCc2cn3cccc(C)c3n2)C1. The predicted molar refractivity (Wildman–Crippen MR) is 103 cm³/mol. The van der Waals surface area contributed by atoms with E-state index in [9.17, 15) is 4.79 Å². The molecule has 1 saturated heterocycles. The Bertz CT molecular complexity index is 796. The molecule has 0 saturated carbocycles. The Balaban J connectivity index is 1.48. The van der Waals surface area contributed by atoms with E-state index in [0.717, 1.165) is 49.8 Å². The summed E-state index contributed by atoms with van der Waals surface area (Å²) < 4.78 is 2.07. The molecule has 1 fully saturated rings. The van der Waals surface area contributed by atoms with E-state index < -0.39 is 0 Å². The Morgan fingerprint density at radius 3 is 3.04 bits per heavy atom. The fourth-order valence-electron chi connectivity index (χ4n) is 3.35. The number of carbonyl (C=O) groups excluding carboxylic acids is 1. The van der Waals surface area contributed by atoms with Gasteiger partial charge in [-0.25, -0.2) is 4.98 Å². The number of nitrogens with one attached hydrogen (secondary N) is 2. The van der Waals surface area contributed by atoms with Crippen LogP contribution in [-0.4, -0.2) is 58.9 Å². The predicted octanol–water partition coefficient (Wildman–Crippen LogP) is 1.36. The molecule has 2 aromatic heterocycles. The van der Waals surface area contributed by atoms with Crippen molar-refractivity contribution in [3.63, 3.8) is 0 Å². The Hall–Kier alpha value is -2.57. The number of nitrogens with zero attached hydrogens (tertiary/aromatic N) is 4. The highest BCUT2D eigenvalue weighted by Gasteiger charge is 2.25. The number of guanidine groups is 1. The van der Waals surface area contributed by atoms with E-state index in [-0.39, 0.29) is 11.9 Å². The maximum Gasteiger partial charge on any atom is 0.222 e. The lowest BCUT2D eigenvalue weighted by atomic mass is 10.3. The van der Waals surface area contributed by atoms with Crippen LogP contribution in [0.3, 0.4) is 0 Å². The number of fused-ring (bicyclic) bond motifs is 1. The van der Waals surface area contributed by atoms with Gasteiger partial charge < -0.3 is 19.9 Å². The van der Waals surface area contributed by atoms with Crippen LogP contribution in [0.15, 0.2) is 29.5 Å². The number of rotatable bonds is 5. The van der Waals surface area contributed by atoms with Crippen LogP contribution in [0.5, 0.6) is 0 Å². The van der Waals surface area contributed by atoms with Crippen LogP contribution in [0.1, 0.15) is 31.0 Å². The van der Waals surface area contributed by atoms with Crippen LogP contribution in [-0.2, 0) is 11.2 Å². The molecule has 1 aliphatic rings. The third-order valence-electron chi connectivity index (χ3n) is 4.81. The first-order chi connectivity index (χ1) is 12.6. The highest BCUT2D eigenvalue weighted by molar-refractivity contribution is 5.80. The van der Waals surface area contributed by atoms with Gasteiger partial charge in [0.1, 0.15) is 5.65 Å². The Morgan fingerprint density at radius 1 is 1.46 bits per heavy atom. The quantitative estimate of drug-likeness (QED) is 0.627. The number of hydrogen-bond donors (Lipinski definition) is 2. The topological polar surface area (TPSA) is 74.0 Å². The number of amides is 1. The molecule has 1 atom stereocenters. The summed E-state index contributed by atoms with van der Waals surface area (Å²) in [6.45, 7) is 6.31. The zero-order valence-corrected chi connectivity index (χ0v) is 15.8. The van der Waals surface area contributed by atoms with Crippen molar-refractivity contribution < 1.29 is 4.79 Å². The lowest BCUT2D eigenvalue weighted by molar-refractivity contribution is -0.129. The fourth-order valence-corrected chi connectivity index (χ4v) is 3.35. The maximum atomic E-state index is 11.8. The van der Waals surface area contributed by atoms with Crippen LogP contribution < -0.4 is 10.6 Å². The van der Waals surface area contributed by atoms with Gasteiger partial charge in [-0.05, 0) is 25.0 Å². The number of hydrogen-bond acceptors (Lipinski definition) is 3. The number of imidazole rings is 1. The third kappa shape index (κ3) is 4.15. The van der Waals surface area contributed by atoms with Crippen LogP contribution in [0.2, 0.25) is 0 Å².